The molecule has 5 atom stereocenters. The number of nitro groups is 1. The lowest BCUT2D eigenvalue weighted by Gasteiger charge is -2.44. The summed E-state index contributed by atoms with van der Waals surface area (Å²) in [7, 11) is 0. The number of pyridine rings is 1. The van der Waals surface area contributed by atoms with Crippen LogP contribution in [0.25, 0.3) is 11.1 Å². The Morgan fingerprint density at radius 2 is 1.50 bits per heavy atom. The molecular formula is C27H28N4O11. The third-order valence-electron chi connectivity index (χ3n) is 6.10. The quantitative estimate of drug-likeness (QED) is 0.192. The average Bonchev–Trinajstić information content (AvgIpc) is 2.90. The number of nitro benzene ring substituents is 1. The van der Waals surface area contributed by atoms with Crippen LogP contribution in [0.15, 0.2) is 30.3 Å². The first-order chi connectivity index (χ1) is 19.8. The molecule has 222 valence electrons. The Kier molecular flexibility index (Phi) is 10.1. The average molecular weight is 585 g/mol. The van der Waals surface area contributed by atoms with Gasteiger partial charge in [-0.1, -0.05) is 0 Å². The van der Waals surface area contributed by atoms with Crippen molar-refractivity contribution in [3.05, 3.63) is 51.7 Å². The summed E-state index contributed by atoms with van der Waals surface area (Å²) in [6.07, 6.45) is -6.38. The van der Waals surface area contributed by atoms with Gasteiger partial charge in [0, 0.05) is 57.5 Å². The number of carbonyl (C=O) groups is 4. The molecule has 0 unspecified atom stereocenters. The van der Waals surface area contributed by atoms with Crippen LogP contribution < -0.4 is 5.73 Å². The highest BCUT2D eigenvalue weighted by atomic mass is 16.7. The van der Waals surface area contributed by atoms with Gasteiger partial charge < -0.3 is 29.4 Å². The van der Waals surface area contributed by atoms with Gasteiger partial charge in [0.2, 0.25) is 0 Å². The minimum absolute atomic E-state index is 0.0224. The highest BCUT2D eigenvalue weighted by Crippen LogP contribution is 2.33. The van der Waals surface area contributed by atoms with Gasteiger partial charge in [0.25, 0.3) is 5.69 Å². The van der Waals surface area contributed by atoms with Crippen LogP contribution in [-0.4, -0.2) is 70.9 Å². The number of carbonyl (C=O) groups excluding carboxylic acids is 4. The van der Waals surface area contributed by atoms with Crippen molar-refractivity contribution in [3.8, 4) is 17.2 Å². The molecule has 15 nitrogen and oxygen atoms in total. The lowest BCUT2D eigenvalue weighted by Crippen LogP contribution is -2.62. The summed E-state index contributed by atoms with van der Waals surface area (Å²) in [5.41, 5.74) is 6.97. The minimum atomic E-state index is -1.36. The highest BCUT2D eigenvalue weighted by molar-refractivity contribution is 5.76. The Balaban J connectivity index is 2.09. The van der Waals surface area contributed by atoms with Crippen molar-refractivity contribution < 1.29 is 47.8 Å². The van der Waals surface area contributed by atoms with Gasteiger partial charge >= 0.3 is 23.9 Å². The number of hydrogen-bond acceptors (Lipinski definition) is 14. The van der Waals surface area contributed by atoms with E-state index in [9.17, 15) is 34.6 Å². The van der Waals surface area contributed by atoms with Gasteiger partial charge in [0.1, 0.15) is 36.3 Å². The molecule has 1 aromatic carbocycles. The maximum absolute atomic E-state index is 12.1. The smallest absolute Gasteiger partial charge is 0.303 e. The summed E-state index contributed by atoms with van der Waals surface area (Å²) < 4.78 is 27.5. The van der Waals surface area contributed by atoms with E-state index in [0.717, 1.165) is 27.7 Å². The summed E-state index contributed by atoms with van der Waals surface area (Å²) in [4.78, 5) is 62.5. The molecule has 0 saturated carbocycles. The topological polar surface area (TPSA) is 220 Å². The molecule has 2 aromatic rings. The van der Waals surface area contributed by atoms with Gasteiger partial charge in [-0.15, -0.1) is 0 Å². The number of benzene rings is 1. The molecule has 42 heavy (non-hydrogen) atoms. The molecule has 1 aromatic heterocycles. The van der Waals surface area contributed by atoms with Crippen LogP contribution in [0.3, 0.4) is 0 Å². The van der Waals surface area contributed by atoms with E-state index in [0.29, 0.717) is 11.1 Å². The van der Waals surface area contributed by atoms with E-state index in [1.807, 2.05) is 6.07 Å². The van der Waals surface area contributed by atoms with E-state index in [1.165, 1.54) is 30.3 Å². The Labute approximate surface area is 239 Å². The second-order valence-electron chi connectivity index (χ2n) is 9.28. The fourth-order valence-corrected chi connectivity index (χ4v) is 4.52. The van der Waals surface area contributed by atoms with E-state index in [2.05, 4.69) is 4.98 Å². The van der Waals surface area contributed by atoms with Crippen molar-refractivity contribution in [3.63, 3.8) is 0 Å². The van der Waals surface area contributed by atoms with Crippen molar-refractivity contribution in [1.82, 2.24) is 4.98 Å². The molecule has 1 saturated heterocycles. The number of nitriles is 1. The first kappa shape index (κ1) is 31.4. The molecule has 1 fully saturated rings. The number of non-ortho nitro benzene ring substituents is 1. The van der Waals surface area contributed by atoms with Crippen molar-refractivity contribution >= 4 is 35.4 Å². The summed E-state index contributed by atoms with van der Waals surface area (Å²) in [6, 6.07) is 8.93. The number of aromatic nitrogens is 1. The van der Waals surface area contributed by atoms with E-state index in [-0.39, 0.29) is 29.2 Å². The normalized spacial score (nSPS) is 21.4. The highest BCUT2D eigenvalue weighted by Gasteiger charge is 2.52. The third-order valence-corrected chi connectivity index (χ3v) is 6.10. The van der Waals surface area contributed by atoms with Gasteiger partial charge in [-0.2, -0.15) is 5.26 Å². The zero-order valence-electron chi connectivity index (χ0n) is 23.1. The van der Waals surface area contributed by atoms with Crippen LogP contribution in [0, 0.1) is 21.4 Å². The first-order valence-corrected chi connectivity index (χ1v) is 12.6. The van der Waals surface area contributed by atoms with Gasteiger partial charge in [-0.05, 0) is 23.8 Å². The standard InChI is InChI=1S/C27H28N4O11/c1-13(32)38-12-23-25(40-15(3)34)26(41-16(4)35)24(39-14(2)33)22(42-23)10-18-9-20(21(11-28)27(29)30-18)17-5-7-19(8-6-17)31(36)37/h5-9,22-26H,10,12H2,1-4H3,(H2,29,30)/t22-,23+,24-,25+,26+/m0/s1. The molecule has 2 heterocycles. The molecule has 0 aliphatic carbocycles. The zero-order valence-corrected chi connectivity index (χ0v) is 23.1. The summed E-state index contributed by atoms with van der Waals surface area (Å²) in [5.74, 6) is -3.10. The van der Waals surface area contributed by atoms with Crippen molar-refractivity contribution in [2.75, 3.05) is 12.3 Å². The Morgan fingerprint density at radius 1 is 0.952 bits per heavy atom. The number of nitrogen functional groups attached to an aromatic ring is 1. The summed E-state index contributed by atoms with van der Waals surface area (Å²) in [6.45, 7) is 4.11. The fourth-order valence-electron chi connectivity index (χ4n) is 4.52. The van der Waals surface area contributed by atoms with Crippen LogP contribution in [0.4, 0.5) is 11.5 Å². The molecule has 3 rings (SSSR count). The number of rotatable bonds is 9. The minimum Gasteiger partial charge on any atom is -0.463 e. The zero-order chi connectivity index (χ0) is 31.1. The fraction of sp³-hybridized carbons (Fsp3) is 0.407. The van der Waals surface area contributed by atoms with Gasteiger partial charge in [-0.3, -0.25) is 29.3 Å². The van der Waals surface area contributed by atoms with Crippen LogP contribution in [-0.2, 0) is 49.3 Å². The third kappa shape index (κ3) is 7.76. The van der Waals surface area contributed by atoms with Crippen molar-refractivity contribution in [1.29, 1.82) is 5.26 Å². The number of hydrogen-bond donors (Lipinski definition) is 1. The number of nitrogens with zero attached hydrogens (tertiary/aromatic N) is 3. The van der Waals surface area contributed by atoms with Crippen LogP contribution in [0.2, 0.25) is 0 Å². The van der Waals surface area contributed by atoms with E-state index in [4.69, 9.17) is 29.4 Å². The van der Waals surface area contributed by atoms with E-state index in [1.54, 1.807) is 0 Å². The second-order valence-corrected chi connectivity index (χ2v) is 9.28. The number of ether oxygens (including phenoxy) is 5. The van der Waals surface area contributed by atoms with Crippen molar-refractivity contribution in [2.45, 2.75) is 64.6 Å². The van der Waals surface area contributed by atoms with Crippen molar-refractivity contribution in [2.24, 2.45) is 0 Å². The predicted molar refractivity (Wildman–Crippen MR) is 141 cm³/mol. The molecule has 15 heteroatoms. The van der Waals surface area contributed by atoms with Crippen LogP contribution in [0.5, 0.6) is 0 Å². The molecule has 0 radical (unpaired) electrons. The maximum atomic E-state index is 12.1. The van der Waals surface area contributed by atoms with Gasteiger partial charge in [-0.25, -0.2) is 4.98 Å². The Bertz CT molecular complexity index is 1420. The Morgan fingerprint density at radius 3 is 2.00 bits per heavy atom. The number of nitrogens with two attached hydrogens (primary N) is 1. The number of esters is 4. The lowest BCUT2D eigenvalue weighted by molar-refractivity contribution is -0.384. The monoisotopic (exact) mass is 584 g/mol. The maximum Gasteiger partial charge on any atom is 0.303 e. The molecule has 1 aliphatic heterocycles. The molecular weight excluding hydrogens is 556 g/mol. The van der Waals surface area contributed by atoms with E-state index >= 15 is 0 Å². The van der Waals surface area contributed by atoms with Crippen LogP contribution in [0.1, 0.15) is 39.0 Å². The van der Waals surface area contributed by atoms with E-state index < -0.39 is 65.9 Å². The second kappa shape index (κ2) is 13.5. The van der Waals surface area contributed by atoms with Gasteiger partial charge in [0.15, 0.2) is 18.3 Å². The predicted octanol–water partition coefficient (Wildman–Crippen LogP) is 1.78. The molecule has 1 aliphatic rings. The molecule has 0 bridgehead atoms. The first-order valence-electron chi connectivity index (χ1n) is 12.6. The molecule has 0 amide bonds. The summed E-state index contributed by atoms with van der Waals surface area (Å²) in [5, 5.41) is 20.8. The molecule has 0 spiro atoms. The number of anilines is 1. The lowest BCUT2D eigenvalue weighted by atomic mass is 9.91. The largest absolute Gasteiger partial charge is 0.463 e. The SMILES string of the molecule is CC(=O)OC[C@H]1O[C@@H](Cc2cc(-c3ccc([N+](=O)[O-])cc3)c(C#N)c(N)n2)[C@H](OC(C)=O)[C@@H](OC(C)=O)[C@@H]1OC(C)=O. The molecule has 2 N–H and O–H groups in total. The van der Waals surface area contributed by atoms with Gasteiger partial charge in [0.05, 0.1) is 4.92 Å². The van der Waals surface area contributed by atoms with Crippen LogP contribution >= 0.6 is 0 Å². The summed E-state index contributed by atoms with van der Waals surface area (Å²) >= 11 is 0. The Hall–Kier alpha value is -5.10.